The first-order chi connectivity index (χ1) is 8.41. The summed E-state index contributed by atoms with van der Waals surface area (Å²) < 4.78 is 25.3. The number of aliphatic hydroxyl groups is 1. The van der Waals surface area contributed by atoms with Crippen molar-refractivity contribution >= 4 is 25.8 Å². The van der Waals surface area contributed by atoms with Crippen LogP contribution < -0.4 is 5.32 Å². The highest BCUT2D eigenvalue weighted by molar-refractivity contribution is 9.10. The van der Waals surface area contributed by atoms with Gasteiger partial charge in [-0.05, 0) is 50.2 Å². The largest absolute Gasteiger partial charge is 0.389 e. The highest BCUT2D eigenvalue weighted by Gasteiger charge is 2.35. The summed E-state index contributed by atoms with van der Waals surface area (Å²) in [5.74, 6) is -0.205. The van der Waals surface area contributed by atoms with E-state index in [1.54, 1.807) is 24.3 Å². The molecule has 100 valence electrons. The summed E-state index contributed by atoms with van der Waals surface area (Å²) in [6, 6.07) is 6.51. The molecule has 1 aliphatic rings. The number of nitrogens with one attached hydrogen (secondary N) is 1. The van der Waals surface area contributed by atoms with Crippen molar-refractivity contribution < 1.29 is 13.5 Å². The third-order valence-electron chi connectivity index (χ3n) is 3.17. The quantitative estimate of drug-likeness (QED) is 0.875. The first kappa shape index (κ1) is 14.0. The van der Waals surface area contributed by atoms with E-state index < -0.39 is 15.4 Å². The Kier molecular flexibility index (Phi) is 4.11. The predicted octanol–water partition coefficient (Wildman–Crippen LogP) is 1.34. The molecule has 1 aliphatic heterocycles. The van der Waals surface area contributed by atoms with Gasteiger partial charge in [-0.2, -0.15) is 0 Å². The second-order valence-electron chi connectivity index (χ2n) is 4.69. The molecule has 1 aromatic carbocycles. The normalized spacial score (nSPS) is 19.7. The molecular weight excluding hydrogens is 318 g/mol. The summed E-state index contributed by atoms with van der Waals surface area (Å²) in [6.07, 6.45) is 0.950. The molecule has 0 spiro atoms. The molecule has 18 heavy (non-hydrogen) atoms. The van der Waals surface area contributed by atoms with Crippen molar-refractivity contribution in [3.63, 3.8) is 0 Å². The Bertz CT molecular complexity index is 507. The van der Waals surface area contributed by atoms with Crippen molar-refractivity contribution in [2.75, 3.05) is 18.8 Å². The zero-order valence-electron chi connectivity index (χ0n) is 9.89. The van der Waals surface area contributed by atoms with Crippen LogP contribution in [0.3, 0.4) is 0 Å². The molecule has 4 nitrogen and oxygen atoms in total. The van der Waals surface area contributed by atoms with Gasteiger partial charge >= 0.3 is 0 Å². The first-order valence-electron chi connectivity index (χ1n) is 5.83. The zero-order chi connectivity index (χ0) is 13.2. The third-order valence-corrected chi connectivity index (χ3v) is 5.60. The molecule has 0 saturated carbocycles. The van der Waals surface area contributed by atoms with Crippen molar-refractivity contribution in [2.24, 2.45) is 0 Å². The topological polar surface area (TPSA) is 66.4 Å². The van der Waals surface area contributed by atoms with Gasteiger partial charge in [0.15, 0.2) is 9.84 Å². The van der Waals surface area contributed by atoms with E-state index in [1.807, 2.05) is 0 Å². The summed E-state index contributed by atoms with van der Waals surface area (Å²) in [7, 11) is -3.43. The average Bonchev–Trinajstić information content (AvgIpc) is 2.29. The minimum absolute atomic E-state index is 0.205. The molecule has 0 amide bonds. The molecular formula is C12H16BrNO3S. The highest BCUT2D eigenvalue weighted by atomic mass is 79.9. The highest BCUT2D eigenvalue weighted by Crippen LogP contribution is 2.24. The molecule has 0 aliphatic carbocycles. The van der Waals surface area contributed by atoms with E-state index in [1.165, 1.54) is 0 Å². The van der Waals surface area contributed by atoms with Gasteiger partial charge in [-0.25, -0.2) is 8.42 Å². The van der Waals surface area contributed by atoms with E-state index in [-0.39, 0.29) is 10.6 Å². The molecule has 2 rings (SSSR count). The molecule has 1 fully saturated rings. The Morgan fingerprint density at radius 2 is 1.78 bits per heavy atom. The van der Waals surface area contributed by atoms with Crippen LogP contribution in [0.15, 0.2) is 33.6 Å². The number of benzene rings is 1. The maximum Gasteiger partial charge on any atom is 0.181 e. The fourth-order valence-electron chi connectivity index (χ4n) is 2.12. The fourth-order valence-corrected chi connectivity index (χ4v) is 4.09. The van der Waals surface area contributed by atoms with Crippen LogP contribution in [0.2, 0.25) is 0 Å². The summed E-state index contributed by atoms with van der Waals surface area (Å²) in [5, 5.41) is 13.4. The van der Waals surface area contributed by atoms with Crippen LogP contribution >= 0.6 is 15.9 Å². The van der Waals surface area contributed by atoms with Crippen molar-refractivity contribution in [2.45, 2.75) is 23.3 Å². The monoisotopic (exact) mass is 333 g/mol. The maximum atomic E-state index is 12.2. The van der Waals surface area contributed by atoms with Crippen LogP contribution in [0, 0.1) is 0 Å². The lowest BCUT2D eigenvalue weighted by Crippen LogP contribution is -2.46. The van der Waals surface area contributed by atoms with Crippen LogP contribution in [0.1, 0.15) is 12.8 Å². The standard InChI is InChI=1S/C12H16BrNO3S/c13-10-1-3-11(4-2-10)18(16,17)9-12(15)5-7-14-8-6-12/h1-4,14-15H,5-9H2. The molecule has 0 aromatic heterocycles. The Morgan fingerprint density at radius 3 is 2.33 bits per heavy atom. The average molecular weight is 334 g/mol. The molecule has 0 radical (unpaired) electrons. The summed E-state index contributed by atoms with van der Waals surface area (Å²) in [6.45, 7) is 1.32. The smallest absolute Gasteiger partial charge is 0.181 e. The summed E-state index contributed by atoms with van der Waals surface area (Å²) in [4.78, 5) is 0.262. The summed E-state index contributed by atoms with van der Waals surface area (Å²) >= 11 is 3.27. The molecule has 1 aromatic rings. The number of piperidine rings is 1. The van der Waals surface area contributed by atoms with Crippen molar-refractivity contribution in [1.29, 1.82) is 0 Å². The van der Waals surface area contributed by atoms with Gasteiger partial charge in [0.05, 0.1) is 16.2 Å². The van der Waals surface area contributed by atoms with Gasteiger partial charge in [0.1, 0.15) is 0 Å². The first-order valence-corrected chi connectivity index (χ1v) is 8.27. The van der Waals surface area contributed by atoms with Gasteiger partial charge in [0, 0.05) is 4.47 Å². The van der Waals surface area contributed by atoms with Crippen molar-refractivity contribution in [3.8, 4) is 0 Å². The maximum absolute atomic E-state index is 12.2. The van der Waals surface area contributed by atoms with Gasteiger partial charge in [-0.15, -0.1) is 0 Å². The molecule has 0 bridgehead atoms. The number of hydrogen-bond donors (Lipinski definition) is 2. The van der Waals surface area contributed by atoms with Crippen molar-refractivity contribution in [1.82, 2.24) is 5.32 Å². The van der Waals surface area contributed by atoms with Gasteiger partial charge in [0.2, 0.25) is 0 Å². The molecule has 1 heterocycles. The van der Waals surface area contributed by atoms with Crippen LogP contribution in [0.25, 0.3) is 0 Å². The minimum atomic E-state index is -3.43. The Balaban J connectivity index is 2.18. The number of hydrogen-bond acceptors (Lipinski definition) is 4. The van der Waals surface area contributed by atoms with E-state index in [2.05, 4.69) is 21.2 Å². The molecule has 0 atom stereocenters. The second-order valence-corrected chi connectivity index (χ2v) is 7.59. The van der Waals surface area contributed by atoms with Gasteiger partial charge < -0.3 is 10.4 Å². The molecule has 2 N–H and O–H groups in total. The molecule has 0 unspecified atom stereocenters. The van der Waals surface area contributed by atoms with Gasteiger partial charge in [-0.1, -0.05) is 15.9 Å². The zero-order valence-corrected chi connectivity index (χ0v) is 12.3. The third kappa shape index (κ3) is 3.32. The predicted molar refractivity (Wildman–Crippen MR) is 73.2 cm³/mol. The minimum Gasteiger partial charge on any atom is -0.389 e. The molecule has 1 saturated heterocycles. The van der Waals surface area contributed by atoms with E-state index in [4.69, 9.17) is 0 Å². The second kappa shape index (κ2) is 5.28. The Morgan fingerprint density at radius 1 is 1.22 bits per heavy atom. The Labute approximate surface area is 115 Å². The van der Waals surface area contributed by atoms with E-state index in [0.717, 1.165) is 4.47 Å². The fraction of sp³-hybridized carbons (Fsp3) is 0.500. The molecule has 6 heteroatoms. The lowest BCUT2D eigenvalue weighted by Gasteiger charge is -2.32. The number of rotatable bonds is 3. The number of sulfone groups is 1. The van der Waals surface area contributed by atoms with Crippen molar-refractivity contribution in [3.05, 3.63) is 28.7 Å². The SMILES string of the molecule is O=S(=O)(CC1(O)CCNCC1)c1ccc(Br)cc1. The lowest BCUT2D eigenvalue weighted by molar-refractivity contribution is 0.0323. The Hall–Kier alpha value is -0.430. The lowest BCUT2D eigenvalue weighted by atomic mass is 9.95. The summed E-state index contributed by atoms with van der Waals surface area (Å²) in [5.41, 5.74) is -1.10. The van der Waals surface area contributed by atoms with E-state index in [0.29, 0.717) is 25.9 Å². The van der Waals surface area contributed by atoms with Crippen LogP contribution in [0.5, 0.6) is 0 Å². The van der Waals surface area contributed by atoms with Crippen LogP contribution in [-0.2, 0) is 9.84 Å². The van der Waals surface area contributed by atoms with Gasteiger partial charge in [0.25, 0.3) is 0 Å². The number of halogens is 1. The van der Waals surface area contributed by atoms with Crippen LogP contribution in [0.4, 0.5) is 0 Å². The van der Waals surface area contributed by atoms with Gasteiger partial charge in [-0.3, -0.25) is 0 Å². The van der Waals surface area contributed by atoms with E-state index >= 15 is 0 Å². The van der Waals surface area contributed by atoms with Crippen LogP contribution in [-0.4, -0.2) is 38.0 Å². The van der Waals surface area contributed by atoms with E-state index in [9.17, 15) is 13.5 Å².